The fraction of sp³-hybridized carbons (Fsp3) is 0.105. The number of nitriles is 1. The van der Waals surface area contributed by atoms with Crippen LogP contribution in [0.25, 0.3) is 12.2 Å². The van der Waals surface area contributed by atoms with Gasteiger partial charge >= 0.3 is 0 Å². The van der Waals surface area contributed by atoms with Crippen LogP contribution in [-0.4, -0.2) is 21.1 Å². The van der Waals surface area contributed by atoms with E-state index in [1.54, 1.807) is 24.0 Å². The molecule has 0 saturated heterocycles. The van der Waals surface area contributed by atoms with Gasteiger partial charge in [-0.05, 0) is 36.8 Å². The van der Waals surface area contributed by atoms with E-state index in [1.165, 1.54) is 18.3 Å². The van der Waals surface area contributed by atoms with Gasteiger partial charge in [-0.2, -0.15) is 10.4 Å². The standard InChI is InChI=1S/C19H15N5O2S/c1-12-16(10-20)18(26)23-22-17(12)9-8-14-11-27-19(21-14)24(13(2)25)15-6-4-3-5-7-15/h3-9,11H,1-2H3,(H,23,26)/b9-8+. The molecule has 2 heterocycles. The van der Waals surface area contributed by atoms with Crippen LogP contribution in [0.2, 0.25) is 0 Å². The normalized spacial score (nSPS) is 10.7. The minimum Gasteiger partial charge on any atom is -0.274 e. The Bertz CT molecular complexity index is 1110. The first kappa shape index (κ1) is 18.2. The van der Waals surface area contributed by atoms with Gasteiger partial charge in [-0.3, -0.25) is 14.5 Å². The highest BCUT2D eigenvalue weighted by atomic mass is 32.1. The highest BCUT2D eigenvalue weighted by molar-refractivity contribution is 7.14. The molecule has 2 aromatic heterocycles. The number of rotatable bonds is 4. The lowest BCUT2D eigenvalue weighted by Gasteiger charge is -2.17. The average molecular weight is 377 g/mol. The Labute approximate surface area is 159 Å². The molecule has 27 heavy (non-hydrogen) atoms. The lowest BCUT2D eigenvalue weighted by molar-refractivity contribution is -0.115. The molecule has 0 saturated carbocycles. The van der Waals surface area contributed by atoms with E-state index in [0.29, 0.717) is 22.1 Å². The summed E-state index contributed by atoms with van der Waals surface area (Å²) in [4.78, 5) is 29.7. The Morgan fingerprint density at radius 1 is 1.30 bits per heavy atom. The SMILES string of the molecule is CC(=O)N(c1ccccc1)c1nc(/C=C/c2n[nH]c(=O)c(C#N)c2C)cs1. The number of aromatic amines is 1. The predicted octanol–water partition coefficient (Wildman–Crippen LogP) is 3.26. The number of aromatic nitrogens is 3. The molecule has 0 spiro atoms. The van der Waals surface area contributed by atoms with Crippen LogP contribution in [0.1, 0.15) is 29.4 Å². The van der Waals surface area contributed by atoms with E-state index >= 15 is 0 Å². The van der Waals surface area contributed by atoms with Gasteiger partial charge in [0.15, 0.2) is 5.13 Å². The third-order valence-electron chi connectivity index (χ3n) is 3.82. The fourth-order valence-corrected chi connectivity index (χ4v) is 3.32. The summed E-state index contributed by atoms with van der Waals surface area (Å²) in [7, 11) is 0. The van der Waals surface area contributed by atoms with Gasteiger partial charge in [-0.15, -0.1) is 11.3 Å². The van der Waals surface area contributed by atoms with Gasteiger partial charge in [0.05, 0.1) is 17.1 Å². The molecule has 8 heteroatoms. The first-order chi connectivity index (χ1) is 13.0. The quantitative estimate of drug-likeness (QED) is 0.752. The lowest BCUT2D eigenvalue weighted by Crippen LogP contribution is -2.22. The van der Waals surface area contributed by atoms with Crippen molar-refractivity contribution in [3.8, 4) is 6.07 Å². The molecule has 0 aliphatic heterocycles. The third-order valence-corrected chi connectivity index (χ3v) is 4.66. The van der Waals surface area contributed by atoms with Crippen LogP contribution in [0.3, 0.4) is 0 Å². The number of thiazole rings is 1. The molecule has 7 nitrogen and oxygen atoms in total. The molecule has 0 atom stereocenters. The van der Waals surface area contributed by atoms with Crippen molar-refractivity contribution < 1.29 is 4.79 Å². The molecular formula is C19H15N5O2S. The number of para-hydroxylation sites is 1. The summed E-state index contributed by atoms with van der Waals surface area (Å²) in [5.41, 5.74) is 1.89. The van der Waals surface area contributed by atoms with Gasteiger partial charge in [0.2, 0.25) is 5.91 Å². The first-order valence-electron chi connectivity index (χ1n) is 8.00. The third kappa shape index (κ3) is 3.83. The van der Waals surface area contributed by atoms with Gasteiger partial charge in [0.1, 0.15) is 11.6 Å². The maximum Gasteiger partial charge on any atom is 0.282 e. The molecular weight excluding hydrogens is 362 g/mol. The molecule has 1 aromatic carbocycles. The van der Waals surface area contributed by atoms with Gasteiger partial charge in [0, 0.05) is 12.3 Å². The summed E-state index contributed by atoms with van der Waals surface area (Å²) >= 11 is 1.34. The molecule has 0 aliphatic rings. The van der Waals surface area contributed by atoms with Gasteiger partial charge in [0.25, 0.3) is 5.56 Å². The van der Waals surface area contributed by atoms with E-state index in [9.17, 15) is 9.59 Å². The number of carbonyl (C=O) groups is 1. The largest absolute Gasteiger partial charge is 0.282 e. The van der Waals surface area contributed by atoms with E-state index in [-0.39, 0.29) is 11.5 Å². The van der Waals surface area contributed by atoms with Crippen LogP contribution in [0.15, 0.2) is 40.5 Å². The zero-order valence-electron chi connectivity index (χ0n) is 14.6. The molecule has 0 fully saturated rings. The van der Waals surface area contributed by atoms with Crippen molar-refractivity contribution in [2.24, 2.45) is 0 Å². The number of nitrogens with zero attached hydrogens (tertiary/aromatic N) is 4. The van der Waals surface area contributed by atoms with Crippen molar-refractivity contribution in [1.29, 1.82) is 5.26 Å². The molecule has 0 bridgehead atoms. The van der Waals surface area contributed by atoms with Crippen LogP contribution in [0.4, 0.5) is 10.8 Å². The van der Waals surface area contributed by atoms with E-state index < -0.39 is 5.56 Å². The fourth-order valence-electron chi connectivity index (χ4n) is 2.47. The van der Waals surface area contributed by atoms with Crippen molar-refractivity contribution in [3.05, 3.63) is 68.6 Å². The molecule has 134 valence electrons. The predicted molar refractivity (Wildman–Crippen MR) is 105 cm³/mol. The Balaban J connectivity index is 1.90. The molecule has 1 amide bonds. The second-order valence-electron chi connectivity index (χ2n) is 5.63. The summed E-state index contributed by atoms with van der Waals surface area (Å²) in [5, 5.41) is 17.7. The number of hydrogen-bond donors (Lipinski definition) is 1. The van der Waals surface area contributed by atoms with E-state index in [1.807, 2.05) is 41.8 Å². The maximum atomic E-state index is 12.1. The smallest absolute Gasteiger partial charge is 0.274 e. The Hall–Kier alpha value is -3.57. The molecule has 3 rings (SSSR count). The van der Waals surface area contributed by atoms with Crippen LogP contribution in [-0.2, 0) is 4.79 Å². The lowest BCUT2D eigenvalue weighted by atomic mass is 10.1. The average Bonchev–Trinajstić information content (AvgIpc) is 3.10. The minimum atomic E-state index is -0.511. The van der Waals surface area contributed by atoms with Crippen LogP contribution in [0.5, 0.6) is 0 Å². The summed E-state index contributed by atoms with van der Waals surface area (Å²) < 4.78 is 0. The summed E-state index contributed by atoms with van der Waals surface area (Å²) in [5.74, 6) is -0.136. The number of carbonyl (C=O) groups excluding carboxylic acids is 1. The van der Waals surface area contributed by atoms with Gasteiger partial charge in [-0.25, -0.2) is 10.1 Å². The Kier molecular flexibility index (Phi) is 5.24. The maximum absolute atomic E-state index is 12.1. The molecule has 0 unspecified atom stereocenters. The zero-order valence-corrected chi connectivity index (χ0v) is 15.4. The van der Waals surface area contributed by atoms with Gasteiger partial charge in [-0.1, -0.05) is 18.2 Å². The second kappa shape index (κ2) is 7.76. The van der Waals surface area contributed by atoms with Crippen molar-refractivity contribution in [1.82, 2.24) is 15.2 Å². The van der Waals surface area contributed by atoms with Crippen molar-refractivity contribution >= 4 is 40.2 Å². The number of nitrogens with one attached hydrogen (secondary N) is 1. The molecule has 3 aromatic rings. The zero-order chi connectivity index (χ0) is 19.4. The van der Waals surface area contributed by atoms with Gasteiger partial charge < -0.3 is 0 Å². The van der Waals surface area contributed by atoms with E-state index in [0.717, 1.165) is 5.69 Å². The van der Waals surface area contributed by atoms with Crippen molar-refractivity contribution in [3.63, 3.8) is 0 Å². The number of hydrogen-bond acceptors (Lipinski definition) is 6. The van der Waals surface area contributed by atoms with Crippen LogP contribution < -0.4 is 10.5 Å². The summed E-state index contributed by atoms with van der Waals surface area (Å²) in [6, 6.07) is 11.2. The second-order valence-corrected chi connectivity index (χ2v) is 6.46. The Morgan fingerprint density at radius 2 is 2.04 bits per heavy atom. The molecule has 0 radical (unpaired) electrons. The van der Waals surface area contributed by atoms with E-state index in [4.69, 9.17) is 5.26 Å². The topological polar surface area (TPSA) is 103 Å². The summed E-state index contributed by atoms with van der Waals surface area (Å²) in [6.07, 6.45) is 3.39. The first-order valence-corrected chi connectivity index (χ1v) is 8.88. The highest BCUT2D eigenvalue weighted by Crippen LogP contribution is 2.29. The van der Waals surface area contributed by atoms with Crippen LogP contribution in [0, 0.1) is 18.3 Å². The minimum absolute atomic E-state index is 0.0375. The highest BCUT2D eigenvalue weighted by Gasteiger charge is 2.17. The number of H-pyrrole nitrogens is 1. The van der Waals surface area contributed by atoms with Crippen LogP contribution >= 0.6 is 11.3 Å². The molecule has 1 N–H and O–H groups in total. The number of anilines is 2. The monoisotopic (exact) mass is 377 g/mol. The Morgan fingerprint density at radius 3 is 2.70 bits per heavy atom. The van der Waals surface area contributed by atoms with Crippen molar-refractivity contribution in [2.75, 3.05) is 4.90 Å². The van der Waals surface area contributed by atoms with Crippen molar-refractivity contribution in [2.45, 2.75) is 13.8 Å². The number of benzene rings is 1. The molecule has 0 aliphatic carbocycles. The number of amides is 1. The summed E-state index contributed by atoms with van der Waals surface area (Å²) in [6.45, 7) is 3.15. The van der Waals surface area contributed by atoms with E-state index in [2.05, 4.69) is 15.2 Å².